The molecule has 0 aliphatic rings. The molecule has 0 fully saturated rings. The summed E-state index contributed by atoms with van der Waals surface area (Å²) in [4.78, 5) is 9.77. The van der Waals surface area contributed by atoms with Gasteiger partial charge in [-0.3, -0.25) is 0 Å². The van der Waals surface area contributed by atoms with Gasteiger partial charge in [0.05, 0.1) is 0 Å². The molecule has 0 aliphatic carbocycles. The van der Waals surface area contributed by atoms with Crippen molar-refractivity contribution in [3.8, 4) is 11.4 Å². The zero-order chi connectivity index (χ0) is 14.0. The molecule has 2 heterocycles. The van der Waals surface area contributed by atoms with E-state index in [1.54, 1.807) is 17.0 Å². The van der Waals surface area contributed by atoms with Gasteiger partial charge < -0.3 is 4.90 Å². The number of rotatable bonds is 3. The minimum absolute atomic E-state index is 0.148. The molecule has 0 atom stereocenters. The number of halogens is 3. The molecule has 5 nitrogen and oxygen atoms in total. The Balaban J connectivity index is 2.29. The first-order chi connectivity index (χ1) is 8.87. The maximum atomic E-state index is 12.4. The average molecular weight is 271 g/mol. The molecule has 2 aromatic rings. The van der Waals surface area contributed by atoms with Gasteiger partial charge in [-0.25, -0.2) is 14.6 Å². The van der Waals surface area contributed by atoms with Crippen molar-refractivity contribution >= 4 is 5.82 Å². The summed E-state index contributed by atoms with van der Waals surface area (Å²) in [6, 6.07) is 3.38. The van der Waals surface area contributed by atoms with Crippen molar-refractivity contribution in [1.82, 2.24) is 19.7 Å². The topological polar surface area (TPSA) is 46.8 Å². The molecule has 0 spiro atoms. The quantitative estimate of drug-likeness (QED) is 0.856. The molecule has 0 N–H and O–H groups in total. The van der Waals surface area contributed by atoms with E-state index in [0.29, 0.717) is 11.4 Å². The van der Waals surface area contributed by atoms with Crippen LogP contribution in [0.3, 0.4) is 0 Å². The number of hydrogen-bond acceptors (Lipinski definition) is 4. The van der Waals surface area contributed by atoms with Gasteiger partial charge in [-0.15, -0.1) is 0 Å². The van der Waals surface area contributed by atoms with Gasteiger partial charge in [-0.05, 0) is 12.1 Å². The third-order valence-corrected chi connectivity index (χ3v) is 2.41. The normalized spacial score (nSPS) is 11.6. The van der Waals surface area contributed by atoms with Crippen molar-refractivity contribution in [2.75, 3.05) is 19.0 Å². The molecule has 0 bridgehead atoms. The highest BCUT2D eigenvalue weighted by atomic mass is 19.4. The average Bonchev–Trinajstić information content (AvgIpc) is 2.75. The second-order valence-electron chi connectivity index (χ2n) is 4.16. The Kier molecular flexibility index (Phi) is 3.41. The number of nitrogens with zero attached hydrogens (tertiary/aromatic N) is 5. The van der Waals surface area contributed by atoms with Gasteiger partial charge in [0.15, 0.2) is 5.82 Å². The van der Waals surface area contributed by atoms with Crippen LogP contribution in [-0.2, 0) is 6.54 Å². The number of hydrogen-bond donors (Lipinski definition) is 0. The minimum Gasteiger partial charge on any atom is -0.363 e. The van der Waals surface area contributed by atoms with Crippen molar-refractivity contribution in [1.29, 1.82) is 0 Å². The van der Waals surface area contributed by atoms with Crippen molar-refractivity contribution in [3.63, 3.8) is 0 Å². The van der Waals surface area contributed by atoms with E-state index >= 15 is 0 Å². The fraction of sp³-hybridized carbons (Fsp3) is 0.364. The Morgan fingerprint density at radius 2 is 1.95 bits per heavy atom. The second-order valence-corrected chi connectivity index (χ2v) is 4.16. The fourth-order valence-electron chi connectivity index (χ4n) is 1.56. The van der Waals surface area contributed by atoms with Crippen LogP contribution in [0.2, 0.25) is 0 Å². The molecule has 0 aliphatic heterocycles. The summed E-state index contributed by atoms with van der Waals surface area (Å²) in [5, 5.41) is 3.58. The zero-order valence-corrected chi connectivity index (χ0v) is 10.4. The van der Waals surface area contributed by atoms with Crippen LogP contribution in [-0.4, -0.2) is 40.0 Å². The van der Waals surface area contributed by atoms with Crippen molar-refractivity contribution in [3.05, 3.63) is 24.7 Å². The summed E-state index contributed by atoms with van der Waals surface area (Å²) >= 11 is 0. The van der Waals surface area contributed by atoms with Crippen LogP contribution in [0.25, 0.3) is 11.4 Å². The summed E-state index contributed by atoms with van der Waals surface area (Å²) in [5.41, 5.74) is 0.493. The Morgan fingerprint density at radius 1 is 1.21 bits per heavy atom. The number of pyridine rings is 1. The maximum absolute atomic E-state index is 12.4. The van der Waals surface area contributed by atoms with E-state index in [1.165, 1.54) is 6.20 Å². The number of aromatic nitrogens is 4. The molecule has 19 heavy (non-hydrogen) atoms. The molecule has 102 valence electrons. The first-order valence-corrected chi connectivity index (χ1v) is 5.45. The molecule has 0 saturated carbocycles. The smallest absolute Gasteiger partial charge is 0.363 e. The minimum atomic E-state index is -4.33. The van der Waals surface area contributed by atoms with E-state index in [4.69, 9.17) is 0 Å². The van der Waals surface area contributed by atoms with Crippen molar-refractivity contribution in [2.24, 2.45) is 0 Å². The van der Waals surface area contributed by atoms with Crippen LogP contribution >= 0.6 is 0 Å². The van der Waals surface area contributed by atoms with Gasteiger partial charge in [-0.1, -0.05) is 0 Å². The number of alkyl halides is 3. The van der Waals surface area contributed by atoms with Crippen LogP contribution in [0.5, 0.6) is 0 Å². The lowest BCUT2D eigenvalue weighted by Gasteiger charge is -2.12. The Morgan fingerprint density at radius 3 is 2.47 bits per heavy atom. The molecule has 0 saturated heterocycles. The predicted molar refractivity (Wildman–Crippen MR) is 63.6 cm³/mol. The van der Waals surface area contributed by atoms with E-state index in [1.807, 2.05) is 14.1 Å². The summed E-state index contributed by atoms with van der Waals surface area (Å²) in [5.74, 6) is 0.862. The lowest BCUT2D eigenvalue weighted by atomic mass is 10.2. The van der Waals surface area contributed by atoms with Crippen molar-refractivity contribution < 1.29 is 13.2 Å². The Labute approximate surface area is 107 Å². The lowest BCUT2D eigenvalue weighted by molar-refractivity contribution is -0.142. The van der Waals surface area contributed by atoms with Crippen LogP contribution in [0, 0.1) is 0 Å². The Hall–Kier alpha value is -2.12. The Bertz CT molecular complexity index is 544. The first kappa shape index (κ1) is 13.3. The van der Waals surface area contributed by atoms with E-state index in [9.17, 15) is 13.2 Å². The summed E-state index contributed by atoms with van der Waals surface area (Å²) in [6.45, 7) is -1.17. The lowest BCUT2D eigenvalue weighted by Crippen LogP contribution is -2.19. The molecular formula is C11H12F3N5. The monoisotopic (exact) mass is 271 g/mol. The predicted octanol–water partition coefficient (Wildman–Crippen LogP) is 1.97. The van der Waals surface area contributed by atoms with Gasteiger partial charge in [0, 0.05) is 25.9 Å². The molecule has 2 aromatic heterocycles. The second kappa shape index (κ2) is 4.87. The molecule has 2 rings (SSSR count). The van der Waals surface area contributed by atoms with E-state index in [-0.39, 0.29) is 5.82 Å². The SMILES string of the molecule is CN(C)c1ccc(-c2ncnn2CC(F)(F)F)cn1. The van der Waals surface area contributed by atoms with E-state index < -0.39 is 12.7 Å². The molecule has 0 aromatic carbocycles. The third-order valence-electron chi connectivity index (χ3n) is 2.41. The highest BCUT2D eigenvalue weighted by Gasteiger charge is 2.30. The molecule has 0 unspecified atom stereocenters. The van der Waals surface area contributed by atoms with Crippen LogP contribution in [0.4, 0.5) is 19.0 Å². The largest absolute Gasteiger partial charge is 0.408 e. The highest BCUT2D eigenvalue weighted by Crippen LogP contribution is 2.22. The van der Waals surface area contributed by atoms with Crippen LogP contribution in [0.15, 0.2) is 24.7 Å². The number of anilines is 1. The third kappa shape index (κ3) is 3.21. The highest BCUT2D eigenvalue weighted by molar-refractivity contribution is 5.56. The fourth-order valence-corrected chi connectivity index (χ4v) is 1.56. The maximum Gasteiger partial charge on any atom is 0.408 e. The summed E-state index contributed by atoms with van der Waals surface area (Å²) in [6.07, 6.45) is -1.76. The molecular weight excluding hydrogens is 259 g/mol. The van der Waals surface area contributed by atoms with Gasteiger partial charge in [0.2, 0.25) is 0 Å². The summed E-state index contributed by atoms with van der Waals surface area (Å²) < 4.78 is 37.9. The van der Waals surface area contributed by atoms with E-state index in [0.717, 1.165) is 11.0 Å². The molecule has 8 heteroatoms. The standard InChI is InChI=1S/C11H12F3N5/c1-18(2)9-4-3-8(5-15-9)10-16-7-17-19(10)6-11(12,13)14/h3-5,7H,6H2,1-2H3. The van der Waals surface area contributed by atoms with Gasteiger partial charge in [0.25, 0.3) is 0 Å². The van der Waals surface area contributed by atoms with Crippen LogP contribution in [0.1, 0.15) is 0 Å². The van der Waals surface area contributed by atoms with Gasteiger partial charge in [0.1, 0.15) is 18.7 Å². The van der Waals surface area contributed by atoms with E-state index in [2.05, 4.69) is 15.1 Å². The van der Waals surface area contributed by atoms with Crippen LogP contribution < -0.4 is 4.90 Å². The summed E-state index contributed by atoms with van der Waals surface area (Å²) in [7, 11) is 3.66. The molecule has 0 radical (unpaired) electrons. The van der Waals surface area contributed by atoms with Gasteiger partial charge >= 0.3 is 6.18 Å². The first-order valence-electron chi connectivity index (χ1n) is 5.45. The van der Waals surface area contributed by atoms with Crippen molar-refractivity contribution in [2.45, 2.75) is 12.7 Å². The van der Waals surface area contributed by atoms with Gasteiger partial charge in [-0.2, -0.15) is 18.3 Å². The zero-order valence-electron chi connectivity index (χ0n) is 10.4. The molecule has 0 amide bonds.